The first-order valence-electron chi connectivity index (χ1n) is 3.76. The third-order valence-electron chi connectivity index (χ3n) is 1.69. The highest BCUT2D eigenvalue weighted by Crippen LogP contribution is 2.32. The molecule has 1 aromatic rings. The molecule has 0 aliphatic rings. The Morgan fingerprint density at radius 1 is 1.62 bits per heavy atom. The molecule has 0 bridgehead atoms. The standard InChI is InChI=1S/C8H10BrF2NS/c1-5-3-13-6(7(5)9)2-8(10,11)4-12/h3H,2,4,12H2,1H3. The molecule has 0 spiro atoms. The maximum Gasteiger partial charge on any atom is 0.264 e. The van der Waals surface area contributed by atoms with Crippen LogP contribution in [0.25, 0.3) is 0 Å². The van der Waals surface area contributed by atoms with E-state index in [0.717, 1.165) is 10.0 Å². The molecule has 0 aliphatic carbocycles. The van der Waals surface area contributed by atoms with Crippen molar-refractivity contribution in [3.63, 3.8) is 0 Å². The summed E-state index contributed by atoms with van der Waals surface area (Å²) in [5.41, 5.74) is 5.94. The van der Waals surface area contributed by atoms with Crippen LogP contribution in [-0.4, -0.2) is 12.5 Å². The van der Waals surface area contributed by atoms with E-state index in [4.69, 9.17) is 5.73 Å². The maximum atomic E-state index is 12.9. The highest BCUT2D eigenvalue weighted by atomic mass is 79.9. The minimum Gasteiger partial charge on any atom is -0.325 e. The highest BCUT2D eigenvalue weighted by Gasteiger charge is 2.28. The Morgan fingerprint density at radius 2 is 2.23 bits per heavy atom. The van der Waals surface area contributed by atoms with Gasteiger partial charge in [0, 0.05) is 15.8 Å². The first-order valence-corrected chi connectivity index (χ1v) is 5.44. The fourth-order valence-electron chi connectivity index (χ4n) is 0.909. The van der Waals surface area contributed by atoms with Crippen LogP contribution >= 0.6 is 27.3 Å². The van der Waals surface area contributed by atoms with Crippen LogP contribution in [0.15, 0.2) is 9.85 Å². The summed E-state index contributed by atoms with van der Waals surface area (Å²) >= 11 is 4.60. The van der Waals surface area contributed by atoms with Crippen LogP contribution in [0.4, 0.5) is 8.78 Å². The van der Waals surface area contributed by atoms with Crippen LogP contribution < -0.4 is 5.73 Å². The topological polar surface area (TPSA) is 26.0 Å². The second-order valence-electron chi connectivity index (χ2n) is 2.89. The molecule has 0 aromatic carbocycles. The van der Waals surface area contributed by atoms with Crippen LogP contribution in [0.3, 0.4) is 0 Å². The molecule has 1 nitrogen and oxygen atoms in total. The molecule has 0 unspecified atom stereocenters. The van der Waals surface area contributed by atoms with Gasteiger partial charge in [-0.3, -0.25) is 0 Å². The van der Waals surface area contributed by atoms with Gasteiger partial charge in [0.15, 0.2) is 0 Å². The molecule has 13 heavy (non-hydrogen) atoms. The molecule has 0 saturated heterocycles. The average molecular weight is 270 g/mol. The summed E-state index contributed by atoms with van der Waals surface area (Å²) in [6.07, 6.45) is -0.275. The summed E-state index contributed by atoms with van der Waals surface area (Å²) in [6, 6.07) is 0. The van der Waals surface area contributed by atoms with Crippen molar-refractivity contribution in [2.24, 2.45) is 5.73 Å². The molecule has 0 atom stereocenters. The lowest BCUT2D eigenvalue weighted by molar-refractivity contribution is 0.0121. The lowest BCUT2D eigenvalue weighted by Crippen LogP contribution is -2.29. The van der Waals surface area contributed by atoms with Crippen molar-refractivity contribution < 1.29 is 8.78 Å². The van der Waals surface area contributed by atoms with Crippen LogP contribution in [0.2, 0.25) is 0 Å². The summed E-state index contributed by atoms with van der Waals surface area (Å²) in [5.74, 6) is -2.79. The molecular formula is C8H10BrF2NS. The van der Waals surface area contributed by atoms with Crippen LogP contribution in [0.5, 0.6) is 0 Å². The van der Waals surface area contributed by atoms with Gasteiger partial charge in [0.1, 0.15) is 0 Å². The SMILES string of the molecule is Cc1csc(CC(F)(F)CN)c1Br. The largest absolute Gasteiger partial charge is 0.325 e. The van der Waals surface area contributed by atoms with Crippen molar-refractivity contribution in [1.82, 2.24) is 0 Å². The molecule has 5 heteroatoms. The van der Waals surface area contributed by atoms with E-state index < -0.39 is 12.5 Å². The quantitative estimate of drug-likeness (QED) is 0.897. The van der Waals surface area contributed by atoms with Crippen molar-refractivity contribution in [2.75, 3.05) is 6.54 Å². The summed E-state index contributed by atoms with van der Waals surface area (Å²) in [6.45, 7) is 1.28. The molecule has 1 rings (SSSR count). The molecule has 0 radical (unpaired) electrons. The zero-order valence-electron chi connectivity index (χ0n) is 7.11. The van der Waals surface area contributed by atoms with Crippen molar-refractivity contribution in [2.45, 2.75) is 19.3 Å². The Kier molecular flexibility index (Phi) is 3.43. The van der Waals surface area contributed by atoms with Gasteiger partial charge in [0.2, 0.25) is 0 Å². The molecule has 0 saturated carbocycles. The van der Waals surface area contributed by atoms with Gasteiger partial charge in [-0.05, 0) is 33.8 Å². The van der Waals surface area contributed by atoms with Gasteiger partial charge >= 0.3 is 0 Å². The molecule has 74 valence electrons. The first kappa shape index (κ1) is 11.1. The van der Waals surface area contributed by atoms with E-state index in [2.05, 4.69) is 15.9 Å². The zero-order chi connectivity index (χ0) is 10.1. The van der Waals surface area contributed by atoms with Gasteiger partial charge in [0.05, 0.1) is 6.54 Å². The third kappa shape index (κ3) is 2.72. The number of hydrogen-bond donors (Lipinski definition) is 1. The molecular weight excluding hydrogens is 260 g/mol. The maximum absolute atomic E-state index is 12.9. The Bertz CT molecular complexity index is 298. The zero-order valence-corrected chi connectivity index (χ0v) is 9.51. The van der Waals surface area contributed by atoms with E-state index >= 15 is 0 Å². The van der Waals surface area contributed by atoms with Gasteiger partial charge in [0.25, 0.3) is 5.92 Å². The molecule has 0 amide bonds. The fraction of sp³-hybridized carbons (Fsp3) is 0.500. The van der Waals surface area contributed by atoms with Gasteiger partial charge in [-0.2, -0.15) is 0 Å². The number of aryl methyl sites for hydroxylation is 1. The Morgan fingerprint density at radius 3 is 2.62 bits per heavy atom. The summed E-state index contributed by atoms with van der Waals surface area (Å²) < 4.78 is 26.6. The monoisotopic (exact) mass is 269 g/mol. The fourth-order valence-corrected chi connectivity index (χ4v) is 2.59. The molecule has 0 aliphatic heterocycles. The van der Waals surface area contributed by atoms with E-state index in [9.17, 15) is 8.78 Å². The van der Waals surface area contributed by atoms with Crippen molar-refractivity contribution in [3.05, 3.63) is 20.3 Å². The highest BCUT2D eigenvalue weighted by molar-refractivity contribution is 9.10. The Labute approximate surface area is 88.1 Å². The second kappa shape index (κ2) is 4.02. The van der Waals surface area contributed by atoms with Crippen molar-refractivity contribution >= 4 is 27.3 Å². The first-order chi connectivity index (χ1) is 5.96. The molecule has 2 N–H and O–H groups in total. The van der Waals surface area contributed by atoms with Crippen molar-refractivity contribution in [3.8, 4) is 0 Å². The van der Waals surface area contributed by atoms with Gasteiger partial charge in [-0.15, -0.1) is 11.3 Å². The average Bonchev–Trinajstić information content (AvgIpc) is 2.36. The van der Waals surface area contributed by atoms with Gasteiger partial charge < -0.3 is 5.73 Å². The van der Waals surface area contributed by atoms with E-state index in [1.165, 1.54) is 11.3 Å². The molecule has 1 aromatic heterocycles. The second-order valence-corrected chi connectivity index (χ2v) is 4.65. The van der Waals surface area contributed by atoms with E-state index in [-0.39, 0.29) is 6.42 Å². The Balaban J connectivity index is 2.80. The molecule has 0 fully saturated rings. The normalized spacial score (nSPS) is 12.1. The van der Waals surface area contributed by atoms with E-state index in [1.54, 1.807) is 0 Å². The van der Waals surface area contributed by atoms with Crippen LogP contribution in [0.1, 0.15) is 10.4 Å². The predicted molar refractivity (Wildman–Crippen MR) is 54.5 cm³/mol. The smallest absolute Gasteiger partial charge is 0.264 e. The minimum absolute atomic E-state index is 0.275. The number of alkyl halides is 2. The number of rotatable bonds is 3. The third-order valence-corrected chi connectivity index (χ3v) is 4.16. The summed E-state index contributed by atoms with van der Waals surface area (Å²) in [4.78, 5) is 0.660. The summed E-state index contributed by atoms with van der Waals surface area (Å²) in [5, 5.41) is 1.85. The van der Waals surface area contributed by atoms with E-state index in [1.807, 2.05) is 12.3 Å². The van der Waals surface area contributed by atoms with Crippen LogP contribution in [0, 0.1) is 6.92 Å². The van der Waals surface area contributed by atoms with Gasteiger partial charge in [-0.25, -0.2) is 8.78 Å². The predicted octanol–water partition coefficient (Wildman–Crippen LogP) is 2.96. The lowest BCUT2D eigenvalue weighted by Gasteiger charge is -2.12. The number of halogens is 3. The van der Waals surface area contributed by atoms with Crippen molar-refractivity contribution in [1.29, 1.82) is 0 Å². The minimum atomic E-state index is -2.79. The number of thiophene rings is 1. The van der Waals surface area contributed by atoms with E-state index in [0.29, 0.717) is 4.88 Å². The van der Waals surface area contributed by atoms with Gasteiger partial charge in [-0.1, -0.05) is 0 Å². The summed E-state index contributed by atoms with van der Waals surface area (Å²) in [7, 11) is 0. The number of hydrogen-bond acceptors (Lipinski definition) is 2. The molecule has 1 heterocycles. The Hall–Kier alpha value is -0.0000000000000000555. The number of nitrogens with two attached hydrogens (primary N) is 1. The lowest BCUT2D eigenvalue weighted by atomic mass is 10.2. The van der Waals surface area contributed by atoms with Crippen LogP contribution in [-0.2, 0) is 6.42 Å².